The minimum atomic E-state index is -2.89. The van der Waals surface area contributed by atoms with Crippen LogP contribution >= 0.6 is 0 Å². The molecule has 2 fully saturated rings. The topological polar surface area (TPSA) is 66.6 Å². The van der Waals surface area contributed by atoms with Crippen molar-refractivity contribution in [2.45, 2.75) is 38.3 Å². The molecular formula is C13H27N3O2S. The highest BCUT2D eigenvalue weighted by molar-refractivity contribution is 7.91. The van der Waals surface area contributed by atoms with Gasteiger partial charge in [0.15, 0.2) is 9.84 Å². The molecule has 0 aromatic heterocycles. The SMILES string of the molecule is CC(C)(C)N1CCN(C2(CN)CCS(=O)(=O)C2)CC1. The second-order valence-corrected chi connectivity index (χ2v) is 9.10. The molecule has 2 saturated heterocycles. The van der Waals surface area contributed by atoms with Gasteiger partial charge in [0.25, 0.3) is 0 Å². The number of rotatable bonds is 2. The Kier molecular flexibility index (Phi) is 3.99. The normalized spacial score (nSPS) is 33.7. The molecule has 5 nitrogen and oxygen atoms in total. The second-order valence-electron chi connectivity index (χ2n) is 6.92. The first-order valence-electron chi connectivity index (χ1n) is 7.09. The second kappa shape index (κ2) is 4.98. The highest BCUT2D eigenvalue weighted by Crippen LogP contribution is 2.30. The van der Waals surface area contributed by atoms with Crippen LogP contribution in [0.4, 0.5) is 0 Å². The molecule has 0 radical (unpaired) electrons. The molecular weight excluding hydrogens is 262 g/mol. The number of hydrogen-bond donors (Lipinski definition) is 1. The van der Waals surface area contributed by atoms with Gasteiger partial charge in [0.05, 0.1) is 11.5 Å². The lowest BCUT2D eigenvalue weighted by atomic mass is 9.94. The lowest BCUT2D eigenvalue weighted by molar-refractivity contribution is 0.0137. The molecule has 0 aliphatic carbocycles. The van der Waals surface area contributed by atoms with Crippen molar-refractivity contribution in [2.75, 3.05) is 44.2 Å². The third-order valence-corrected chi connectivity index (χ3v) is 6.45. The summed E-state index contributed by atoms with van der Waals surface area (Å²) < 4.78 is 23.6. The van der Waals surface area contributed by atoms with Crippen molar-refractivity contribution in [1.29, 1.82) is 0 Å². The number of hydrogen-bond acceptors (Lipinski definition) is 5. The fourth-order valence-corrected chi connectivity index (χ4v) is 5.39. The number of nitrogens with two attached hydrogens (primary N) is 1. The van der Waals surface area contributed by atoms with Crippen molar-refractivity contribution < 1.29 is 8.42 Å². The van der Waals surface area contributed by atoms with Crippen LogP contribution in [0.25, 0.3) is 0 Å². The molecule has 2 rings (SSSR count). The Morgan fingerprint density at radius 1 is 1.16 bits per heavy atom. The van der Waals surface area contributed by atoms with Crippen LogP contribution in [0.15, 0.2) is 0 Å². The van der Waals surface area contributed by atoms with E-state index in [9.17, 15) is 8.42 Å². The minimum Gasteiger partial charge on any atom is -0.329 e. The summed E-state index contributed by atoms with van der Waals surface area (Å²) in [7, 11) is -2.89. The summed E-state index contributed by atoms with van der Waals surface area (Å²) in [5, 5.41) is 0. The van der Waals surface area contributed by atoms with Gasteiger partial charge >= 0.3 is 0 Å². The van der Waals surface area contributed by atoms with E-state index in [1.807, 2.05) is 0 Å². The average molecular weight is 289 g/mol. The first kappa shape index (κ1) is 15.2. The van der Waals surface area contributed by atoms with Crippen LogP contribution in [0.2, 0.25) is 0 Å². The van der Waals surface area contributed by atoms with Crippen molar-refractivity contribution in [3.8, 4) is 0 Å². The van der Waals surface area contributed by atoms with Crippen molar-refractivity contribution in [2.24, 2.45) is 5.73 Å². The molecule has 0 spiro atoms. The third-order valence-electron chi connectivity index (χ3n) is 4.65. The van der Waals surface area contributed by atoms with E-state index in [1.54, 1.807) is 0 Å². The molecule has 2 heterocycles. The molecule has 6 heteroatoms. The van der Waals surface area contributed by atoms with Gasteiger partial charge in [0.2, 0.25) is 0 Å². The van der Waals surface area contributed by atoms with Gasteiger partial charge in [-0.1, -0.05) is 0 Å². The minimum absolute atomic E-state index is 0.184. The molecule has 1 atom stereocenters. The summed E-state index contributed by atoms with van der Waals surface area (Å²) in [6, 6.07) is 0. The third kappa shape index (κ3) is 3.12. The summed E-state index contributed by atoms with van der Waals surface area (Å²) in [5.41, 5.74) is 5.80. The van der Waals surface area contributed by atoms with Gasteiger partial charge in [-0.3, -0.25) is 9.80 Å². The van der Waals surface area contributed by atoms with E-state index in [2.05, 4.69) is 30.6 Å². The molecule has 2 aliphatic heterocycles. The maximum atomic E-state index is 11.8. The van der Waals surface area contributed by atoms with E-state index in [0.717, 1.165) is 26.2 Å². The van der Waals surface area contributed by atoms with Crippen molar-refractivity contribution >= 4 is 9.84 Å². The largest absolute Gasteiger partial charge is 0.329 e. The lowest BCUT2D eigenvalue weighted by Gasteiger charge is -2.48. The van der Waals surface area contributed by atoms with Crippen LogP contribution in [0.3, 0.4) is 0 Å². The van der Waals surface area contributed by atoms with Crippen LogP contribution < -0.4 is 5.73 Å². The van der Waals surface area contributed by atoms with Gasteiger partial charge in [-0.25, -0.2) is 8.42 Å². The fraction of sp³-hybridized carbons (Fsp3) is 1.00. The first-order valence-corrected chi connectivity index (χ1v) is 8.91. The van der Waals surface area contributed by atoms with E-state index in [-0.39, 0.29) is 16.8 Å². The molecule has 0 saturated carbocycles. The quantitative estimate of drug-likeness (QED) is 0.770. The van der Waals surface area contributed by atoms with Crippen LogP contribution in [-0.4, -0.2) is 73.5 Å². The van der Waals surface area contributed by atoms with Gasteiger partial charge in [-0.2, -0.15) is 0 Å². The van der Waals surface area contributed by atoms with Gasteiger partial charge in [-0.15, -0.1) is 0 Å². The highest BCUT2D eigenvalue weighted by Gasteiger charge is 2.46. The predicted octanol–water partition coefficient (Wildman–Crippen LogP) is -0.0815. The maximum absolute atomic E-state index is 11.8. The van der Waals surface area contributed by atoms with Crippen molar-refractivity contribution in [3.63, 3.8) is 0 Å². The predicted molar refractivity (Wildman–Crippen MR) is 78.0 cm³/mol. The summed E-state index contributed by atoms with van der Waals surface area (Å²) in [5.74, 6) is 0.537. The average Bonchev–Trinajstić information content (AvgIpc) is 2.65. The molecule has 2 aliphatic rings. The van der Waals surface area contributed by atoms with Crippen molar-refractivity contribution in [1.82, 2.24) is 9.80 Å². The van der Waals surface area contributed by atoms with Gasteiger partial charge in [-0.05, 0) is 27.2 Å². The number of sulfone groups is 1. The molecule has 2 N–H and O–H groups in total. The Morgan fingerprint density at radius 3 is 2.11 bits per heavy atom. The van der Waals surface area contributed by atoms with E-state index < -0.39 is 9.84 Å². The van der Waals surface area contributed by atoms with Gasteiger partial charge < -0.3 is 5.73 Å². The zero-order chi connectivity index (χ0) is 14.3. The highest BCUT2D eigenvalue weighted by atomic mass is 32.2. The fourth-order valence-electron chi connectivity index (χ4n) is 3.29. The molecule has 0 bridgehead atoms. The van der Waals surface area contributed by atoms with Gasteiger partial charge in [0.1, 0.15) is 0 Å². The monoisotopic (exact) mass is 289 g/mol. The van der Waals surface area contributed by atoms with E-state index in [1.165, 1.54) is 0 Å². The smallest absolute Gasteiger partial charge is 0.152 e. The van der Waals surface area contributed by atoms with Crippen LogP contribution in [0.5, 0.6) is 0 Å². The Labute approximate surface area is 117 Å². The summed E-state index contributed by atoms with van der Waals surface area (Å²) in [6.45, 7) is 10.9. The summed E-state index contributed by atoms with van der Waals surface area (Å²) in [6.07, 6.45) is 0.696. The number of piperazine rings is 1. The Morgan fingerprint density at radius 2 is 1.74 bits per heavy atom. The molecule has 0 aromatic rings. The molecule has 19 heavy (non-hydrogen) atoms. The standard InChI is InChI=1S/C13H27N3O2S/c1-12(2,3)15-5-7-16(8-6-15)13(10-14)4-9-19(17,18)11-13/h4-11,14H2,1-3H3. The zero-order valence-electron chi connectivity index (χ0n) is 12.4. The zero-order valence-corrected chi connectivity index (χ0v) is 13.2. The van der Waals surface area contributed by atoms with Gasteiger partial charge in [0, 0.05) is 43.8 Å². The first-order chi connectivity index (χ1) is 8.69. The summed E-state index contributed by atoms with van der Waals surface area (Å²) >= 11 is 0. The van der Waals surface area contributed by atoms with Crippen LogP contribution in [0, 0.1) is 0 Å². The Balaban J connectivity index is 2.04. The maximum Gasteiger partial charge on any atom is 0.152 e. The molecule has 112 valence electrons. The van der Waals surface area contributed by atoms with Crippen molar-refractivity contribution in [3.05, 3.63) is 0 Å². The van der Waals surface area contributed by atoms with Crippen LogP contribution in [0.1, 0.15) is 27.2 Å². The van der Waals surface area contributed by atoms with Crippen LogP contribution in [-0.2, 0) is 9.84 Å². The molecule has 1 unspecified atom stereocenters. The molecule has 0 aromatic carbocycles. The Hall–Kier alpha value is -0.170. The van der Waals surface area contributed by atoms with E-state index in [4.69, 9.17) is 5.73 Å². The lowest BCUT2D eigenvalue weighted by Crippen LogP contribution is -2.63. The molecule has 0 amide bonds. The number of nitrogens with zero attached hydrogens (tertiary/aromatic N) is 2. The summed E-state index contributed by atoms with van der Waals surface area (Å²) in [4.78, 5) is 4.77. The van der Waals surface area contributed by atoms with E-state index >= 15 is 0 Å². The van der Waals surface area contributed by atoms with E-state index in [0.29, 0.717) is 18.7 Å². The Bertz CT molecular complexity index is 422.